The van der Waals surface area contributed by atoms with Crippen LogP contribution < -0.4 is 5.32 Å². The molecule has 1 aromatic rings. The summed E-state index contributed by atoms with van der Waals surface area (Å²) in [4.78, 5) is 13.9. The second-order valence-electron chi connectivity index (χ2n) is 5.55. The van der Waals surface area contributed by atoms with Crippen molar-refractivity contribution in [2.75, 3.05) is 32.8 Å². The van der Waals surface area contributed by atoms with Gasteiger partial charge in [-0.2, -0.15) is 0 Å². The number of nitrogens with one attached hydrogen (secondary N) is 1. The largest absolute Gasteiger partial charge is 0.379 e. The lowest BCUT2D eigenvalue weighted by molar-refractivity contribution is -0.123. The van der Waals surface area contributed by atoms with Crippen LogP contribution in [0.1, 0.15) is 25.3 Å². The predicted molar refractivity (Wildman–Crippen MR) is 74.2 cm³/mol. The zero-order valence-electron chi connectivity index (χ0n) is 12.2. The van der Waals surface area contributed by atoms with Gasteiger partial charge in [0.25, 0.3) is 0 Å². The summed E-state index contributed by atoms with van der Waals surface area (Å²) in [6.45, 7) is 8.12. The van der Waals surface area contributed by atoms with Crippen molar-refractivity contribution in [3.63, 3.8) is 0 Å². The number of carbonyl (C=O) groups is 1. The number of morpholine rings is 1. The number of rotatable bonds is 6. The van der Waals surface area contributed by atoms with Gasteiger partial charge in [-0.1, -0.05) is 19.0 Å². The first-order valence-electron chi connectivity index (χ1n) is 7.14. The normalized spacial score (nSPS) is 16.6. The molecule has 2 rings (SSSR count). The zero-order valence-corrected chi connectivity index (χ0v) is 12.2. The molecular weight excluding hydrogens is 258 g/mol. The molecule has 0 saturated carbocycles. The van der Waals surface area contributed by atoms with E-state index < -0.39 is 0 Å². The van der Waals surface area contributed by atoms with E-state index in [0.29, 0.717) is 38.0 Å². The molecule has 0 radical (unpaired) electrons. The maximum absolute atomic E-state index is 11.8. The Kier molecular flexibility index (Phi) is 5.55. The van der Waals surface area contributed by atoms with E-state index in [9.17, 15) is 4.79 Å². The minimum atomic E-state index is 0.00806. The summed E-state index contributed by atoms with van der Waals surface area (Å²) in [6.07, 6.45) is 0.894. The van der Waals surface area contributed by atoms with Gasteiger partial charge in [-0.15, -0.1) is 0 Å². The average Bonchev–Trinajstić information content (AvgIpc) is 2.84. The van der Waals surface area contributed by atoms with Crippen molar-refractivity contribution < 1.29 is 14.1 Å². The predicted octanol–water partition coefficient (Wildman–Crippen LogP) is 0.821. The minimum absolute atomic E-state index is 0.00806. The molecule has 6 nitrogen and oxygen atoms in total. The summed E-state index contributed by atoms with van der Waals surface area (Å²) < 4.78 is 10.5. The van der Waals surface area contributed by atoms with E-state index in [1.54, 1.807) is 0 Å². The highest BCUT2D eigenvalue weighted by atomic mass is 16.5. The van der Waals surface area contributed by atoms with Crippen LogP contribution in [0.25, 0.3) is 0 Å². The first-order valence-corrected chi connectivity index (χ1v) is 7.14. The molecule has 20 heavy (non-hydrogen) atoms. The highest BCUT2D eigenvalue weighted by Crippen LogP contribution is 2.08. The van der Waals surface area contributed by atoms with Crippen molar-refractivity contribution in [3.8, 4) is 0 Å². The number of ether oxygens (including phenoxy) is 1. The van der Waals surface area contributed by atoms with Gasteiger partial charge in [-0.3, -0.25) is 9.69 Å². The maximum Gasteiger partial charge on any atom is 0.234 e. The smallest absolute Gasteiger partial charge is 0.234 e. The lowest BCUT2D eigenvalue weighted by Gasteiger charge is -2.25. The van der Waals surface area contributed by atoms with E-state index >= 15 is 0 Å². The monoisotopic (exact) mass is 281 g/mol. The van der Waals surface area contributed by atoms with Gasteiger partial charge in [-0.25, -0.2) is 0 Å². The summed E-state index contributed by atoms with van der Waals surface area (Å²) in [6, 6.07) is 1.91. The lowest BCUT2D eigenvalue weighted by atomic mass is 10.1. The molecule has 1 fully saturated rings. The van der Waals surface area contributed by atoms with E-state index in [2.05, 4.69) is 29.2 Å². The molecule has 0 bridgehead atoms. The molecule has 0 aliphatic carbocycles. The molecule has 0 aromatic carbocycles. The number of hydrogen-bond acceptors (Lipinski definition) is 5. The first kappa shape index (κ1) is 15.0. The Morgan fingerprint density at radius 2 is 2.20 bits per heavy atom. The van der Waals surface area contributed by atoms with Crippen molar-refractivity contribution in [2.24, 2.45) is 5.92 Å². The number of hydrogen-bond donors (Lipinski definition) is 1. The first-order chi connectivity index (χ1) is 9.63. The molecule has 1 aliphatic heterocycles. The van der Waals surface area contributed by atoms with Crippen molar-refractivity contribution in [2.45, 2.75) is 26.8 Å². The molecule has 6 heteroatoms. The average molecular weight is 281 g/mol. The Morgan fingerprint density at radius 1 is 1.45 bits per heavy atom. The van der Waals surface area contributed by atoms with Gasteiger partial charge >= 0.3 is 0 Å². The van der Waals surface area contributed by atoms with Gasteiger partial charge in [0.2, 0.25) is 5.91 Å². The molecule has 0 spiro atoms. The molecule has 1 aromatic heterocycles. The SMILES string of the molecule is CC(C)Cc1cc(CNC(=O)CN2CCOCC2)on1. The summed E-state index contributed by atoms with van der Waals surface area (Å²) in [5.74, 6) is 1.26. The quantitative estimate of drug-likeness (QED) is 0.836. The van der Waals surface area contributed by atoms with Gasteiger partial charge in [0.1, 0.15) is 0 Å². The topological polar surface area (TPSA) is 67.6 Å². The fraction of sp³-hybridized carbons (Fsp3) is 0.714. The molecule has 2 heterocycles. The van der Waals surface area contributed by atoms with Crippen LogP contribution in [0.15, 0.2) is 10.6 Å². The number of carbonyl (C=O) groups excluding carboxylic acids is 1. The highest BCUT2D eigenvalue weighted by Gasteiger charge is 2.14. The van der Waals surface area contributed by atoms with E-state index in [1.165, 1.54) is 0 Å². The lowest BCUT2D eigenvalue weighted by Crippen LogP contribution is -2.42. The standard InChI is InChI=1S/C14H23N3O3/c1-11(2)7-12-8-13(20-16-12)9-15-14(18)10-17-3-5-19-6-4-17/h8,11H,3-7,9-10H2,1-2H3,(H,15,18). The van der Waals surface area contributed by atoms with Gasteiger partial charge in [0, 0.05) is 19.2 Å². The fourth-order valence-electron chi connectivity index (χ4n) is 2.16. The minimum Gasteiger partial charge on any atom is -0.379 e. The van der Waals surface area contributed by atoms with Crippen LogP contribution in [-0.2, 0) is 22.5 Å². The summed E-state index contributed by atoms with van der Waals surface area (Å²) in [5.41, 5.74) is 0.942. The molecule has 1 saturated heterocycles. The number of aromatic nitrogens is 1. The Morgan fingerprint density at radius 3 is 2.90 bits per heavy atom. The molecule has 1 aliphatic rings. The van der Waals surface area contributed by atoms with Crippen LogP contribution in [-0.4, -0.2) is 48.8 Å². The van der Waals surface area contributed by atoms with E-state index in [1.807, 2.05) is 6.07 Å². The number of nitrogens with zero attached hydrogens (tertiary/aromatic N) is 2. The van der Waals surface area contributed by atoms with Gasteiger partial charge in [0.05, 0.1) is 32.0 Å². The Balaban J connectivity index is 1.71. The van der Waals surface area contributed by atoms with Gasteiger partial charge in [0.15, 0.2) is 5.76 Å². The van der Waals surface area contributed by atoms with Crippen LogP contribution in [0.2, 0.25) is 0 Å². The van der Waals surface area contributed by atoms with Crippen LogP contribution in [0.5, 0.6) is 0 Å². The zero-order chi connectivity index (χ0) is 14.4. The second-order valence-corrected chi connectivity index (χ2v) is 5.55. The third-order valence-corrected chi connectivity index (χ3v) is 3.16. The Labute approximate surface area is 119 Å². The second kappa shape index (κ2) is 7.40. The summed E-state index contributed by atoms with van der Waals surface area (Å²) in [7, 11) is 0. The third kappa shape index (κ3) is 4.94. The molecular formula is C14H23N3O3. The Bertz CT molecular complexity index is 425. The van der Waals surface area contributed by atoms with Gasteiger partial charge < -0.3 is 14.6 Å². The fourth-order valence-corrected chi connectivity index (χ4v) is 2.16. The van der Waals surface area contributed by atoms with Crippen molar-refractivity contribution >= 4 is 5.91 Å². The van der Waals surface area contributed by atoms with Crippen LogP contribution in [0.3, 0.4) is 0 Å². The molecule has 112 valence electrons. The van der Waals surface area contributed by atoms with E-state index in [4.69, 9.17) is 9.26 Å². The number of amides is 1. The highest BCUT2D eigenvalue weighted by molar-refractivity contribution is 5.77. The van der Waals surface area contributed by atoms with Gasteiger partial charge in [-0.05, 0) is 12.3 Å². The molecule has 1 N–H and O–H groups in total. The maximum atomic E-state index is 11.8. The molecule has 0 atom stereocenters. The van der Waals surface area contributed by atoms with Crippen molar-refractivity contribution in [1.82, 2.24) is 15.4 Å². The Hall–Kier alpha value is -1.40. The third-order valence-electron chi connectivity index (χ3n) is 3.16. The summed E-state index contributed by atoms with van der Waals surface area (Å²) >= 11 is 0. The van der Waals surface area contributed by atoms with Crippen LogP contribution in [0, 0.1) is 5.92 Å². The van der Waals surface area contributed by atoms with Crippen molar-refractivity contribution in [1.29, 1.82) is 0 Å². The van der Waals surface area contributed by atoms with E-state index in [0.717, 1.165) is 25.2 Å². The summed E-state index contributed by atoms with van der Waals surface area (Å²) in [5, 5.41) is 6.85. The van der Waals surface area contributed by atoms with Crippen molar-refractivity contribution in [3.05, 3.63) is 17.5 Å². The molecule has 1 amide bonds. The van der Waals surface area contributed by atoms with Crippen LogP contribution in [0.4, 0.5) is 0 Å². The molecule has 0 unspecified atom stereocenters. The van der Waals surface area contributed by atoms with Crippen LogP contribution >= 0.6 is 0 Å². The van der Waals surface area contributed by atoms with E-state index in [-0.39, 0.29) is 5.91 Å².